The zero-order valence-corrected chi connectivity index (χ0v) is 16.9. The van der Waals surface area contributed by atoms with Crippen molar-refractivity contribution in [1.82, 2.24) is 0 Å². The van der Waals surface area contributed by atoms with E-state index in [0.717, 1.165) is 0 Å². The van der Waals surface area contributed by atoms with Gasteiger partial charge in [-0.3, -0.25) is 5.41 Å². The molecule has 0 aromatic heterocycles. The summed E-state index contributed by atoms with van der Waals surface area (Å²) in [6, 6.07) is 0. The van der Waals surface area contributed by atoms with Gasteiger partial charge in [0.2, 0.25) is 5.90 Å². The van der Waals surface area contributed by atoms with Gasteiger partial charge in [0.05, 0.1) is 13.2 Å². The Morgan fingerprint density at radius 1 is 1.32 bits per heavy atom. The smallest absolute Gasteiger partial charge is 0.265 e. The van der Waals surface area contributed by atoms with Crippen LogP contribution in [0.15, 0.2) is 12.2 Å². The molecule has 22 heavy (non-hydrogen) atoms. The summed E-state index contributed by atoms with van der Waals surface area (Å²) >= 11 is 17.0. The molecule has 0 saturated carbocycles. The molecule has 2 atom stereocenters. The van der Waals surface area contributed by atoms with Crippen molar-refractivity contribution in [3.8, 4) is 0 Å². The van der Waals surface area contributed by atoms with Crippen molar-refractivity contribution in [2.45, 2.75) is 54.9 Å². The van der Waals surface area contributed by atoms with Crippen LogP contribution in [0, 0.1) is 5.41 Å². The zero-order valence-electron chi connectivity index (χ0n) is 13.6. The van der Waals surface area contributed by atoms with E-state index in [2.05, 4.69) is 33.9 Å². The Morgan fingerprint density at radius 2 is 1.91 bits per heavy atom. The minimum absolute atomic E-state index is 0.109. The maximum absolute atomic E-state index is 7.68. The molecule has 0 aromatic carbocycles. The van der Waals surface area contributed by atoms with E-state index in [0.29, 0.717) is 13.2 Å². The van der Waals surface area contributed by atoms with Crippen LogP contribution in [0.25, 0.3) is 0 Å². The molecule has 0 fully saturated rings. The van der Waals surface area contributed by atoms with Gasteiger partial charge in [-0.25, -0.2) is 0 Å². The number of halogens is 3. The van der Waals surface area contributed by atoms with Gasteiger partial charge in [0.15, 0.2) is 8.32 Å². The van der Waals surface area contributed by atoms with Crippen molar-refractivity contribution < 1.29 is 13.9 Å². The molecule has 1 heterocycles. The Hall–Kier alpha value is 0.217. The van der Waals surface area contributed by atoms with E-state index >= 15 is 0 Å². The van der Waals surface area contributed by atoms with Crippen LogP contribution in [0.2, 0.25) is 18.1 Å². The second-order valence-corrected chi connectivity index (χ2v) is 13.9. The number of hydrogen-bond donors (Lipinski definition) is 1. The quantitative estimate of drug-likeness (QED) is 0.250. The third kappa shape index (κ3) is 5.69. The molecule has 0 spiro atoms. The van der Waals surface area contributed by atoms with Crippen LogP contribution in [0.4, 0.5) is 0 Å². The van der Waals surface area contributed by atoms with Crippen LogP contribution >= 0.6 is 34.8 Å². The van der Waals surface area contributed by atoms with Crippen molar-refractivity contribution in [3.63, 3.8) is 0 Å². The summed E-state index contributed by atoms with van der Waals surface area (Å²) in [5.74, 6) is -0.421. The first-order valence-electron chi connectivity index (χ1n) is 7.09. The van der Waals surface area contributed by atoms with Gasteiger partial charge in [0.25, 0.3) is 3.79 Å². The topological polar surface area (TPSA) is 51.5 Å². The molecule has 0 saturated heterocycles. The molecule has 1 N–H and O–H groups in total. The molecule has 1 aliphatic rings. The van der Waals surface area contributed by atoms with E-state index < -0.39 is 24.1 Å². The lowest BCUT2D eigenvalue weighted by Crippen LogP contribution is -2.46. The van der Waals surface area contributed by atoms with Crippen LogP contribution in [0.1, 0.15) is 20.8 Å². The van der Waals surface area contributed by atoms with Gasteiger partial charge in [-0.1, -0.05) is 61.7 Å². The van der Waals surface area contributed by atoms with Gasteiger partial charge in [-0.05, 0) is 24.2 Å². The van der Waals surface area contributed by atoms with Crippen molar-refractivity contribution in [2.75, 3.05) is 13.2 Å². The first kappa shape index (κ1) is 20.3. The summed E-state index contributed by atoms with van der Waals surface area (Å²) in [5, 5.41) is 7.79. The second-order valence-electron chi connectivity index (χ2n) is 6.78. The fourth-order valence-electron chi connectivity index (χ4n) is 1.56. The number of nitrogens with one attached hydrogen (secondary N) is 1. The first-order valence-corrected chi connectivity index (χ1v) is 11.1. The first-order chi connectivity index (χ1) is 9.84. The Labute approximate surface area is 148 Å². The van der Waals surface area contributed by atoms with Crippen molar-refractivity contribution in [3.05, 3.63) is 12.2 Å². The number of hydrogen-bond acceptors (Lipinski definition) is 4. The van der Waals surface area contributed by atoms with E-state index in [1.54, 1.807) is 0 Å². The van der Waals surface area contributed by atoms with E-state index in [-0.39, 0.29) is 11.1 Å². The molecule has 0 aromatic rings. The number of rotatable bonds is 4. The molecule has 0 amide bonds. The molecule has 128 valence electrons. The van der Waals surface area contributed by atoms with Gasteiger partial charge in [-0.2, -0.15) is 0 Å². The van der Waals surface area contributed by atoms with Crippen LogP contribution in [0.5, 0.6) is 0 Å². The minimum atomic E-state index is -1.89. The molecule has 8 heteroatoms. The van der Waals surface area contributed by atoms with E-state index in [4.69, 9.17) is 54.1 Å². The summed E-state index contributed by atoms with van der Waals surface area (Å²) < 4.78 is 15.4. The Bertz CT molecular complexity index is 430. The Balaban J connectivity index is 2.69. The maximum Gasteiger partial charge on any atom is 0.265 e. The lowest BCUT2D eigenvalue weighted by molar-refractivity contribution is -0.0371. The highest BCUT2D eigenvalue weighted by molar-refractivity contribution is 6.76. The fraction of sp³-hybridized carbons (Fsp3) is 0.786. The molecular formula is C14H24Cl3NO3Si. The summed E-state index contributed by atoms with van der Waals surface area (Å²) in [6.07, 6.45) is 2.81. The van der Waals surface area contributed by atoms with Crippen LogP contribution in [-0.2, 0) is 13.9 Å². The number of ether oxygens (including phenoxy) is 2. The fourth-order valence-corrected chi connectivity index (χ4v) is 2.70. The minimum Gasteiger partial charge on any atom is -0.468 e. The molecule has 1 aliphatic heterocycles. The van der Waals surface area contributed by atoms with Gasteiger partial charge in [0.1, 0.15) is 12.2 Å². The molecule has 0 aliphatic carbocycles. The van der Waals surface area contributed by atoms with E-state index in [9.17, 15) is 0 Å². The predicted octanol–water partition coefficient (Wildman–Crippen LogP) is 4.70. The van der Waals surface area contributed by atoms with Crippen molar-refractivity contribution in [2.24, 2.45) is 0 Å². The van der Waals surface area contributed by atoms with Crippen molar-refractivity contribution >= 4 is 49.0 Å². The monoisotopic (exact) mass is 387 g/mol. The molecule has 4 nitrogen and oxygen atoms in total. The zero-order chi connectivity index (χ0) is 17.2. The highest BCUT2D eigenvalue weighted by Gasteiger charge is 2.39. The largest absolute Gasteiger partial charge is 0.468 e. The van der Waals surface area contributed by atoms with Crippen LogP contribution in [-0.4, -0.2) is 43.4 Å². The average molecular weight is 389 g/mol. The maximum atomic E-state index is 7.68. The van der Waals surface area contributed by atoms with Gasteiger partial charge in [-0.15, -0.1) is 0 Å². The Kier molecular flexibility index (Phi) is 6.82. The normalized spacial score (nSPS) is 23.5. The second kappa shape index (κ2) is 7.41. The predicted molar refractivity (Wildman–Crippen MR) is 94.9 cm³/mol. The third-order valence-corrected chi connectivity index (χ3v) is 9.04. The van der Waals surface area contributed by atoms with Gasteiger partial charge in [0, 0.05) is 0 Å². The summed E-state index contributed by atoms with van der Waals surface area (Å²) in [5.41, 5.74) is 0. The van der Waals surface area contributed by atoms with Crippen LogP contribution in [0.3, 0.4) is 0 Å². The molecule has 0 bridgehead atoms. The lowest BCUT2D eigenvalue weighted by Gasteiger charge is -2.38. The molecular weight excluding hydrogens is 365 g/mol. The van der Waals surface area contributed by atoms with Crippen molar-refractivity contribution in [1.29, 1.82) is 5.41 Å². The highest BCUT2D eigenvalue weighted by atomic mass is 35.6. The SMILES string of the molecule is CC(C)(C)[Si](C)(C)OCC1OCC=CC1OC(=N)C(Cl)(Cl)Cl. The third-order valence-electron chi connectivity index (χ3n) is 4.02. The lowest BCUT2D eigenvalue weighted by atomic mass is 10.1. The Morgan fingerprint density at radius 3 is 2.41 bits per heavy atom. The van der Waals surface area contributed by atoms with E-state index in [1.165, 1.54) is 0 Å². The standard InChI is InChI=1S/C14H24Cl3NO3Si/c1-13(2,3)22(4,5)20-9-11-10(7-6-8-19-11)21-12(18)14(15,16)17/h6-7,10-11,18H,8-9H2,1-5H3. The van der Waals surface area contributed by atoms with E-state index in [1.807, 2.05) is 12.2 Å². The summed E-state index contributed by atoms with van der Waals surface area (Å²) in [7, 11) is -1.89. The molecule has 2 unspecified atom stereocenters. The van der Waals surface area contributed by atoms with Gasteiger partial charge < -0.3 is 13.9 Å². The number of alkyl halides is 3. The van der Waals surface area contributed by atoms with Gasteiger partial charge >= 0.3 is 0 Å². The molecule has 0 radical (unpaired) electrons. The summed E-state index contributed by atoms with van der Waals surface area (Å²) in [6.45, 7) is 11.7. The average Bonchev–Trinajstić information content (AvgIpc) is 2.35. The summed E-state index contributed by atoms with van der Waals surface area (Å²) in [4.78, 5) is 0. The molecule has 1 rings (SSSR count). The highest BCUT2D eigenvalue weighted by Crippen LogP contribution is 2.37. The van der Waals surface area contributed by atoms with Crippen LogP contribution < -0.4 is 0 Å².